The molecule has 0 radical (unpaired) electrons. The van der Waals surface area contributed by atoms with E-state index >= 15 is 0 Å². The quantitative estimate of drug-likeness (QED) is 0.823. The van der Waals surface area contributed by atoms with Crippen LogP contribution in [0.1, 0.15) is 26.7 Å². The molecule has 0 aliphatic rings. The topological polar surface area (TPSA) is 55.3 Å². The molecule has 2 rings (SSSR count). The van der Waals surface area contributed by atoms with E-state index in [2.05, 4.69) is 24.1 Å². The third kappa shape index (κ3) is 2.64. The van der Waals surface area contributed by atoms with Crippen molar-refractivity contribution in [3.05, 3.63) is 30.6 Å². The van der Waals surface area contributed by atoms with Gasteiger partial charge in [-0.25, -0.2) is 4.98 Å². The number of nitrogens with two attached hydrogens (primary N) is 1. The molecule has 18 heavy (non-hydrogen) atoms. The largest absolute Gasteiger partial charge is 0.370 e. The maximum absolute atomic E-state index is 6.22. The van der Waals surface area contributed by atoms with Crippen LogP contribution in [0, 0.1) is 5.92 Å². The normalized spacial score (nSPS) is 13.1. The fourth-order valence-electron chi connectivity index (χ4n) is 2.37. The van der Waals surface area contributed by atoms with Crippen LogP contribution in [0.3, 0.4) is 0 Å². The molecule has 0 fully saturated rings. The Hall–Kier alpha value is -1.55. The van der Waals surface area contributed by atoms with E-state index < -0.39 is 0 Å². The summed E-state index contributed by atoms with van der Waals surface area (Å²) in [4.78, 5) is 4.27. The number of fused-ring (bicyclic) bond motifs is 1. The fourth-order valence-corrected chi connectivity index (χ4v) is 2.37. The van der Waals surface area contributed by atoms with Crippen molar-refractivity contribution < 1.29 is 0 Å². The predicted molar refractivity (Wildman–Crippen MR) is 75.7 cm³/mol. The summed E-state index contributed by atoms with van der Waals surface area (Å²) in [6, 6.07) is 6.24. The van der Waals surface area contributed by atoms with E-state index in [1.165, 1.54) is 0 Å². The second-order valence-corrected chi connectivity index (χ2v) is 4.69. The van der Waals surface area contributed by atoms with Gasteiger partial charge in [-0.1, -0.05) is 32.8 Å². The summed E-state index contributed by atoms with van der Waals surface area (Å²) < 4.78 is 2.04. The minimum Gasteiger partial charge on any atom is -0.370 e. The molecule has 2 aromatic heterocycles. The van der Waals surface area contributed by atoms with Gasteiger partial charge in [0.2, 0.25) is 0 Å². The summed E-state index contributed by atoms with van der Waals surface area (Å²) in [6.45, 7) is 5.19. The Kier molecular flexibility index (Phi) is 4.20. The van der Waals surface area contributed by atoms with Gasteiger partial charge in [-0.15, -0.1) is 0 Å². The van der Waals surface area contributed by atoms with Crippen LogP contribution in [-0.2, 0) is 0 Å². The number of hydrogen-bond acceptors (Lipinski definition) is 3. The van der Waals surface area contributed by atoms with E-state index in [0.717, 1.165) is 30.9 Å². The van der Waals surface area contributed by atoms with Gasteiger partial charge in [0.15, 0.2) is 0 Å². The smallest absolute Gasteiger partial charge is 0.138 e. The average molecular weight is 246 g/mol. The molecular weight excluding hydrogens is 224 g/mol. The van der Waals surface area contributed by atoms with E-state index in [9.17, 15) is 0 Å². The molecule has 0 saturated carbocycles. The molecule has 0 amide bonds. The zero-order valence-corrected chi connectivity index (χ0v) is 11.1. The highest BCUT2D eigenvalue weighted by Gasteiger charge is 2.13. The van der Waals surface area contributed by atoms with E-state index in [-0.39, 0.29) is 6.04 Å². The Morgan fingerprint density at radius 2 is 2.11 bits per heavy atom. The van der Waals surface area contributed by atoms with Gasteiger partial charge in [0.05, 0.1) is 0 Å². The lowest BCUT2D eigenvalue weighted by atomic mass is 9.95. The summed E-state index contributed by atoms with van der Waals surface area (Å²) in [6.07, 6.45) is 6.03. The third-order valence-electron chi connectivity index (χ3n) is 3.60. The van der Waals surface area contributed by atoms with Crippen molar-refractivity contribution in [1.29, 1.82) is 0 Å². The maximum Gasteiger partial charge on any atom is 0.138 e. The van der Waals surface area contributed by atoms with Crippen molar-refractivity contribution in [2.45, 2.75) is 32.7 Å². The first kappa shape index (κ1) is 12.9. The standard InChI is InChI=1S/C14H22N4/c1-3-11(4-2)12(15)10-17-14-7-5-6-13-16-8-9-18(13)14/h5-9,11-12,17H,3-4,10,15H2,1-2H3. The molecule has 0 aliphatic carbocycles. The van der Waals surface area contributed by atoms with Crippen LogP contribution in [-0.4, -0.2) is 22.0 Å². The molecule has 1 unspecified atom stereocenters. The SMILES string of the molecule is CCC(CC)C(N)CNc1cccc2nccn12. The Labute approximate surface area is 108 Å². The molecule has 0 aromatic carbocycles. The monoisotopic (exact) mass is 246 g/mol. The van der Waals surface area contributed by atoms with E-state index in [0.29, 0.717) is 5.92 Å². The second-order valence-electron chi connectivity index (χ2n) is 4.69. The molecular formula is C14H22N4. The molecule has 2 heterocycles. The first-order chi connectivity index (χ1) is 8.76. The van der Waals surface area contributed by atoms with Gasteiger partial charge in [-0.3, -0.25) is 4.40 Å². The fraction of sp³-hybridized carbons (Fsp3) is 0.500. The highest BCUT2D eigenvalue weighted by atomic mass is 15.1. The Balaban J connectivity index is 2.04. The van der Waals surface area contributed by atoms with Gasteiger partial charge in [0.1, 0.15) is 11.5 Å². The van der Waals surface area contributed by atoms with Crippen molar-refractivity contribution in [3.63, 3.8) is 0 Å². The van der Waals surface area contributed by atoms with Crippen molar-refractivity contribution >= 4 is 11.5 Å². The molecule has 3 N–H and O–H groups in total. The van der Waals surface area contributed by atoms with Crippen LogP contribution >= 0.6 is 0 Å². The second kappa shape index (κ2) is 5.87. The number of anilines is 1. The van der Waals surface area contributed by atoms with Gasteiger partial charge in [0, 0.05) is 25.0 Å². The molecule has 98 valence electrons. The van der Waals surface area contributed by atoms with Crippen molar-refractivity contribution in [3.8, 4) is 0 Å². The zero-order valence-electron chi connectivity index (χ0n) is 11.1. The van der Waals surface area contributed by atoms with E-state index in [1.54, 1.807) is 6.20 Å². The van der Waals surface area contributed by atoms with Gasteiger partial charge in [0.25, 0.3) is 0 Å². The van der Waals surface area contributed by atoms with Gasteiger partial charge in [-0.2, -0.15) is 0 Å². The number of hydrogen-bond donors (Lipinski definition) is 2. The summed E-state index contributed by atoms with van der Waals surface area (Å²) in [5.74, 6) is 1.63. The average Bonchev–Trinajstić information content (AvgIpc) is 2.86. The third-order valence-corrected chi connectivity index (χ3v) is 3.60. The van der Waals surface area contributed by atoms with E-state index in [4.69, 9.17) is 5.73 Å². The lowest BCUT2D eigenvalue weighted by molar-refractivity contribution is 0.407. The summed E-state index contributed by atoms with van der Waals surface area (Å²) in [5.41, 5.74) is 7.17. The number of nitrogens with one attached hydrogen (secondary N) is 1. The molecule has 1 atom stereocenters. The molecule has 0 bridgehead atoms. The number of nitrogens with zero attached hydrogens (tertiary/aromatic N) is 2. The maximum atomic E-state index is 6.22. The van der Waals surface area contributed by atoms with Crippen LogP contribution in [0.25, 0.3) is 5.65 Å². The number of imidazole rings is 1. The van der Waals surface area contributed by atoms with Crippen molar-refractivity contribution in [2.75, 3.05) is 11.9 Å². The number of aromatic nitrogens is 2. The Bertz CT molecular complexity index is 487. The minimum atomic E-state index is 0.193. The lowest BCUT2D eigenvalue weighted by Gasteiger charge is -2.22. The van der Waals surface area contributed by atoms with E-state index in [1.807, 2.05) is 28.8 Å². The van der Waals surface area contributed by atoms with Crippen LogP contribution in [0.2, 0.25) is 0 Å². The summed E-state index contributed by atoms with van der Waals surface area (Å²) >= 11 is 0. The predicted octanol–water partition coefficient (Wildman–Crippen LogP) is 2.51. The highest BCUT2D eigenvalue weighted by Crippen LogP contribution is 2.14. The van der Waals surface area contributed by atoms with Crippen LogP contribution in [0.15, 0.2) is 30.6 Å². The van der Waals surface area contributed by atoms with Crippen molar-refractivity contribution in [2.24, 2.45) is 11.7 Å². The molecule has 4 heteroatoms. The van der Waals surface area contributed by atoms with Crippen LogP contribution < -0.4 is 11.1 Å². The molecule has 0 spiro atoms. The van der Waals surface area contributed by atoms with Crippen molar-refractivity contribution in [1.82, 2.24) is 9.38 Å². The van der Waals surface area contributed by atoms with Gasteiger partial charge < -0.3 is 11.1 Å². The number of rotatable bonds is 6. The Morgan fingerprint density at radius 3 is 2.83 bits per heavy atom. The molecule has 2 aromatic rings. The molecule has 0 saturated heterocycles. The lowest BCUT2D eigenvalue weighted by Crippen LogP contribution is -2.36. The number of pyridine rings is 1. The summed E-state index contributed by atoms with van der Waals surface area (Å²) in [7, 11) is 0. The van der Waals surface area contributed by atoms with Crippen LogP contribution in [0.4, 0.5) is 5.82 Å². The first-order valence-corrected chi connectivity index (χ1v) is 6.67. The highest BCUT2D eigenvalue weighted by molar-refractivity contribution is 5.49. The molecule has 4 nitrogen and oxygen atoms in total. The van der Waals surface area contributed by atoms with Gasteiger partial charge >= 0.3 is 0 Å². The minimum absolute atomic E-state index is 0.193. The zero-order chi connectivity index (χ0) is 13.0. The first-order valence-electron chi connectivity index (χ1n) is 6.67. The van der Waals surface area contributed by atoms with Gasteiger partial charge in [-0.05, 0) is 18.1 Å². The molecule has 0 aliphatic heterocycles. The Morgan fingerprint density at radius 1 is 1.33 bits per heavy atom. The summed E-state index contributed by atoms with van der Waals surface area (Å²) in [5, 5.41) is 3.42. The van der Waals surface area contributed by atoms with Crippen LogP contribution in [0.5, 0.6) is 0 Å².